The molecular formula is C11H15N2Si. The molecule has 14 heavy (non-hydrogen) atoms. The fourth-order valence-corrected chi connectivity index (χ4v) is 4.65. The predicted octanol–water partition coefficient (Wildman–Crippen LogP) is 1.04. The topological polar surface area (TPSA) is 38.9 Å². The van der Waals surface area contributed by atoms with E-state index in [2.05, 4.69) is 6.55 Å². The zero-order valence-electron chi connectivity index (χ0n) is 8.56. The molecule has 0 atom stereocenters. The average molecular weight is 203 g/mol. The van der Waals surface area contributed by atoms with E-state index in [4.69, 9.17) is 10.7 Å². The second kappa shape index (κ2) is 2.83. The summed E-state index contributed by atoms with van der Waals surface area (Å²) in [7, 11) is -0.348. The van der Waals surface area contributed by atoms with Crippen molar-refractivity contribution in [1.29, 1.82) is 0 Å². The molecule has 2 N–H and O–H groups in total. The van der Waals surface area contributed by atoms with E-state index < -0.39 is 0 Å². The minimum Gasteiger partial charge on any atom is -0.398 e. The van der Waals surface area contributed by atoms with Crippen molar-refractivity contribution in [3.63, 3.8) is 0 Å². The van der Waals surface area contributed by atoms with Gasteiger partial charge < -0.3 is 5.73 Å². The van der Waals surface area contributed by atoms with E-state index in [-0.39, 0.29) is 8.80 Å². The van der Waals surface area contributed by atoms with E-state index in [0.717, 1.165) is 18.5 Å². The highest BCUT2D eigenvalue weighted by molar-refractivity contribution is 6.73. The minimum absolute atomic E-state index is 0.348. The third kappa shape index (κ3) is 0.989. The normalized spacial score (nSPS) is 19.8. The van der Waals surface area contributed by atoms with Crippen LogP contribution in [-0.2, 0) is 19.3 Å². The Balaban J connectivity index is 2.24. The van der Waals surface area contributed by atoms with Crippen LogP contribution in [0.2, 0.25) is 12.6 Å². The Morgan fingerprint density at radius 1 is 1.21 bits per heavy atom. The minimum atomic E-state index is -0.348. The zero-order chi connectivity index (χ0) is 9.71. The molecule has 73 valence electrons. The molecule has 1 aromatic heterocycles. The van der Waals surface area contributed by atoms with Gasteiger partial charge in [-0.1, -0.05) is 6.55 Å². The molecule has 2 nitrogen and oxygen atoms in total. The Labute approximate surface area is 86.1 Å². The van der Waals surface area contributed by atoms with E-state index in [0.29, 0.717) is 0 Å². The van der Waals surface area contributed by atoms with Gasteiger partial charge >= 0.3 is 0 Å². The first-order chi connectivity index (χ1) is 6.77. The lowest BCUT2D eigenvalue weighted by molar-refractivity contribution is 0.901. The lowest BCUT2D eigenvalue weighted by Crippen LogP contribution is -2.28. The maximum Gasteiger partial charge on any atom is 0.108 e. The summed E-state index contributed by atoms with van der Waals surface area (Å²) in [5, 5.41) is 1.40. The van der Waals surface area contributed by atoms with Crippen molar-refractivity contribution >= 4 is 19.8 Å². The van der Waals surface area contributed by atoms with Crippen molar-refractivity contribution in [1.82, 2.24) is 4.98 Å². The summed E-state index contributed by atoms with van der Waals surface area (Å²) in [4.78, 5) is 4.84. The quantitative estimate of drug-likeness (QED) is 0.640. The van der Waals surface area contributed by atoms with Crippen LogP contribution in [0.5, 0.6) is 0 Å². The van der Waals surface area contributed by atoms with Crippen molar-refractivity contribution in [2.24, 2.45) is 0 Å². The molecule has 0 saturated carbocycles. The standard InChI is InChI=1S/C11H15N2Si/c1-14-6-5-8-10(12)7-3-2-4-9(7)13-11(8)14/h2-6H2,1H3,(H2,12,13). The maximum atomic E-state index is 6.22. The lowest BCUT2D eigenvalue weighted by atomic mass is 10.1. The number of aryl methyl sites for hydroxylation is 1. The van der Waals surface area contributed by atoms with Gasteiger partial charge in [0.1, 0.15) is 8.80 Å². The summed E-state index contributed by atoms with van der Waals surface area (Å²) < 4.78 is 0. The summed E-state index contributed by atoms with van der Waals surface area (Å²) in [5.41, 5.74) is 11.4. The lowest BCUT2D eigenvalue weighted by Gasteiger charge is -2.10. The SMILES string of the molecule is C[Si]1CCc2c1nc1c(c2N)CCC1. The number of nitrogens with two attached hydrogens (primary N) is 1. The van der Waals surface area contributed by atoms with Crippen molar-refractivity contribution < 1.29 is 0 Å². The summed E-state index contributed by atoms with van der Waals surface area (Å²) in [6, 6.07) is 1.33. The molecule has 0 unspecified atom stereocenters. The highest BCUT2D eigenvalue weighted by Gasteiger charge is 2.28. The molecule has 0 saturated heterocycles. The predicted molar refractivity (Wildman–Crippen MR) is 60.4 cm³/mol. The molecule has 0 spiro atoms. The highest BCUT2D eigenvalue weighted by Crippen LogP contribution is 2.30. The highest BCUT2D eigenvalue weighted by atomic mass is 28.3. The summed E-state index contributed by atoms with van der Waals surface area (Å²) in [5.74, 6) is 0. The van der Waals surface area contributed by atoms with Crippen molar-refractivity contribution in [2.45, 2.75) is 38.3 Å². The number of nitrogens with zero attached hydrogens (tertiary/aromatic N) is 1. The van der Waals surface area contributed by atoms with Gasteiger partial charge in [0, 0.05) is 16.7 Å². The van der Waals surface area contributed by atoms with Crippen LogP contribution in [0, 0.1) is 0 Å². The molecule has 0 fully saturated rings. The number of nitrogen functional groups attached to an aromatic ring is 1. The van der Waals surface area contributed by atoms with Crippen LogP contribution in [0.3, 0.4) is 0 Å². The smallest absolute Gasteiger partial charge is 0.108 e. The number of pyridine rings is 1. The number of fused-ring (bicyclic) bond motifs is 2. The van der Waals surface area contributed by atoms with Crippen molar-refractivity contribution in [3.05, 3.63) is 16.8 Å². The molecule has 1 aliphatic carbocycles. The molecule has 3 rings (SSSR count). The maximum absolute atomic E-state index is 6.22. The number of rotatable bonds is 0. The van der Waals surface area contributed by atoms with Crippen LogP contribution < -0.4 is 11.1 Å². The molecule has 0 aromatic carbocycles. The first kappa shape index (κ1) is 8.47. The van der Waals surface area contributed by atoms with Crippen LogP contribution in [-0.4, -0.2) is 13.8 Å². The van der Waals surface area contributed by atoms with Gasteiger partial charge in [0.15, 0.2) is 0 Å². The summed E-state index contributed by atoms with van der Waals surface area (Å²) in [6.07, 6.45) is 4.75. The Morgan fingerprint density at radius 2 is 2.07 bits per heavy atom. The molecule has 2 aliphatic rings. The molecule has 0 bridgehead atoms. The Kier molecular flexibility index (Phi) is 1.71. The van der Waals surface area contributed by atoms with Crippen LogP contribution in [0.1, 0.15) is 23.2 Å². The molecule has 2 heterocycles. The van der Waals surface area contributed by atoms with Gasteiger partial charge in [-0.25, -0.2) is 0 Å². The van der Waals surface area contributed by atoms with Crippen LogP contribution in [0.25, 0.3) is 0 Å². The van der Waals surface area contributed by atoms with Crippen LogP contribution >= 0.6 is 0 Å². The zero-order valence-corrected chi connectivity index (χ0v) is 9.56. The third-order valence-corrected chi connectivity index (χ3v) is 5.75. The van der Waals surface area contributed by atoms with Gasteiger partial charge in [0.2, 0.25) is 0 Å². The monoisotopic (exact) mass is 203 g/mol. The van der Waals surface area contributed by atoms with E-state index in [1.54, 1.807) is 0 Å². The average Bonchev–Trinajstić information content (AvgIpc) is 2.75. The number of hydrogen-bond acceptors (Lipinski definition) is 2. The van der Waals surface area contributed by atoms with Gasteiger partial charge in [-0.3, -0.25) is 4.98 Å². The third-order valence-electron chi connectivity index (χ3n) is 3.53. The second-order valence-corrected chi connectivity index (χ2v) is 6.95. The van der Waals surface area contributed by atoms with E-state index in [1.165, 1.54) is 41.0 Å². The molecule has 1 radical (unpaired) electrons. The van der Waals surface area contributed by atoms with E-state index in [9.17, 15) is 0 Å². The largest absolute Gasteiger partial charge is 0.398 e. The molecule has 0 amide bonds. The summed E-state index contributed by atoms with van der Waals surface area (Å²) in [6.45, 7) is 2.37. The Hall–Kier alpha value is -0.833. The summed E-state index contributed by atoms with van der Waals surface area (Å²) >= 11 is 0. The van der Waals surface area contributed by atoms with Crippen LogP contribution in [0.4, 0.5) is 5.69 Å². The second-order valence-electron chi connectivity index (χ2n) is 4.41. The first-order valence-electron chi connectivity index (χ1n) is 5.40. The first-order valence-corrected chi connectivity index (χ1v) is 7.61. The van der Waals surface area contributed by atoms with E-state index in [1.807, 2.05) is 0 Å². The molecular weight excluding hydrogens is 188 g/mol. The Morgan fingerprint density at radius 3 is 2.93 bits per heavy atom. The van der Waals surface area contributed by atoms with Crippen molar-refractivity contribution in [3.8, 4) is 0 Å². The number of anilines is 1. The molecule has 3 heteroatoms. The number of hydrogen-bond donors (Lipinski definition) is 1. The molecule has 1 aliphatic heterocycles. The fourth-order valence-electron chi connectivity index (χ4n) is 2.69. The Bertz CT molecular complexity index is 401. The van der Waals surface area contributed by atoms with E-state index >= 15 is 0 Å². The van der Waals surface area contributed by atoms with Crippen LogP contribution in [0.15, 0.2) is 0 Å². The molecule has 1 aromatic rings. The van der Waals surface area contributed by atoms with Gasteiger partial charge in [-0.2, -0.15) is 0 Å². The van der Waals surface area contributed by atoms with Gasteiger partial charge in [0.25, 0.3) is 0 Å². The van der Waals surface area contributed by atoms with Gasteiger partial charge in [-0.15, -0.1) is 0 Å². The van der Waals surface area contributed by atoms with Gasteiger partial charge in [0.05, 0.1) is 0 Å². The van der Waals surface area contributed by atoms with Crippen molar-refractivity contribution in [2.75, 3.05) is 5.73 Å². The fraction of sp³-hybridized carbons (Fsp3) is 0.545. The number of aromatic nitrogens is 1. The van der Waals surface area contributed by atoms with Gasteiger partial charge in [-0.05, 0) is 42.9 Å².